The zero-order valence-corrected chi connectivity index (χ0v) is 10.2. The van der Waals surface area contributed by atoms with Crippen LogP contribution in [0.3, 0.4) is 0 Å². The van der Waals surface area contributed by atoms with Gasteiger partial charge in [0.15, 0.2) is 0 Å². The molecule has 0 saturated heterocycles. The Kier molecular flexibility index (Phi) is 7.61. The smallest absolute Gasteiger partial charge is 0.346 e. The summed E-state index contributed by atoms with van der Waals surface area (Å²) in [6.45, 7) is 1.74. The maximum absolute atomic E-state index is 11.9. The van der Waals surface area contributed by atoms with E-state index in [4.69, 9.17) is 10.4 Å². The van der Waals surface area contributed by atoms with Crippen molar-refractivity contribution in [2.75, 3.05) is 6.61 Å². The Morgan fingerprint density at radius 2 is 2.12 bits per heavy atom. The summed E-state index contributed by atoms with van der Waals surface area (Å²) in [4.78, 5) is 19.2. The largest absolute Gasteiger partial charge is 0.471 e. The van der Waals surface area contributed by atoms with Gasteiger partial charge in [0, 0.05) is 6.04 Å². The first kappa shape index (κ1) is 16.6. The molecule has 0 aromatic carbocycles. The maximum atomic E-state index is 11.9. The molecule has 4 N–H and O–H groups in total. The third-order valence-corrected chi connectivity index (χ3v) is 2.34. The topological polar surface area (TPSA) is 84.6 Å². The summed E-state index contributed by atoms with van der Waals surface area (Å²) in [5.41, 5.74) is 4.96. The van der Waals surface area contributed by atoms with Gasteiger partial charge in [0.2, 0.25) is 8.53 Å². The molecule has 102 valence electrons. The average Bonchev–Trinajstić information content (AvgIpc) is 2.15. The highest BCUT2D eigenvalue weighted by Crippen LogP contribution is 2.20. The van der Waals surface area contributed by atoms with Crippen molar-refractivity contribution in [1.82, 2.24) is 5.32 Å². The van der Waals surface area contributed by atoms with Crippen LogP contribution in [0, 0.1) is 0 Å². The normalized spacial score (nSPS) is 15.4. The molecule has 2 unspecified atom stereocenters. The second-order valence-corrected chi connectivity index (χ2v) is 4.37. The summed E-state index contributed by atoms with van der Waals surface area (Å²) in [6.07, 6.45) is -3.31. The molecular formula is C8H16F3N2O3P. The molecule has 0 saturated carbocycles. The summed E-state index contributed by atoms with van der Waals surface area (Å²) in [7, 11) is -1.88. The van der Waals surface area contributed by atoms with Crippen molar-refractivity contribution in [3.8, 4) is 0 Å². The Morgan fingerprint density at radius 3 is 2.59 bits per heavy atom. The van der Waals surface area contributed by atoms with Crippen molar-refractivity contribution in [3.63, 3.8) is 0 Å². The van der Waals surface area contributed by atoms with E-state index in [1.807, 2.05) is 5.32 Å². The molecule has 0 spiro atoms. The van der Waals surface area contributed by atoms with E-state index in [2.05, 4.69) is 4.52 Å². The van der Waals surface area contributed by atoms with E-state index in [0.29, 0.717) is 19.3 Å². The van der Waals surface area contributed by atoms with Crippen molar-refractivity contribution in [2.45, 2.75) is 38.4 Å². The van der Waals surface area contributed by atoms with Crippen molar-refractivity contribution in [2.24, 2.45) is 5.50 Å². The minimum Gasteiger partial charge on any atom is -0.346 e. The van der Waals surface area contributed by atoms with Gasteiger partial charge in [0.25, 0.3) is 0 Å². The molecule has 1 amide bonds. The minimum absolute atomic E-state index is 0.249. The fourth-order valence-electron chi connectivity index (χ4n) is 1.09. The van der Waals surface area contributed by atoms with E-state index in [1.54, 1.807) is 0 Å². The number of carbonyl (C=O) groups excluding carboxylic acids is 1. The number of nitrogens with two attached hydrogens (primary N) is 1. The summed E-state index contributed by atoms with van der Waals surface area (Å²) in [6, 6.07) is -0.558. The molecule has 0 fully saturated rings. The third-order valence-electron chi connectivity index (χ3n) is 1.89. The second-order valence-electron chi connectivity index (χ2n) is 3.50. The highest BCUT2D eigenvalue weighted by atomic mass is 31.2. The first-order chi connectivity index (χ1) is 7.73. The van der Waals surface area contributed by atoms with E-state index in [0.717, 1.165) is 0 Å². The van der Waals surface area contributed by atoms with Gasteiger partial charge in [0.1, 0.15) is 0 Å². The molecule has 0 aliphatic heterocycles. The lowest BCUT2D eigenvalue weighted by atomic mass is 10.1. The number of hydrogen-bond donors (Lipinski definition) is 3. The van der Waals surface area contributed by atoms with Crippen molar-refractivity contribution in [1.29, 1.82) is 0 Å². The predicted octanol–water partition coefficient (Wildman–Crippen LogP) is 1.42. The fourth-order valence-corrected chi connectivity index (χ4v) is 1.40. The molecule has 9 heteroatoms. The molecule has 0 rings (SSSR count). The van der Waals surface area contributed by atoms with Gasteiger partial charge in [-0.25, -0.2) is 0 Å². The summed E-state index contributed by atoms with van der Waals surface area (Å²) in [5.74, 6) is -1.93. The van der Waals surface area contributed by atoms with Crippen LogP contribution in [0.4, 0.5) is 13.2 Å². The van der Waals surface area contributed by atoms with Gasteiger partial charge in [-0.1, -0.05) is 0 Å². The number of rotatable bonds is 7. The van der Waals surface area contributed by atoms with Gasteiger partial charge in [-0.3, -0.25) is 10.3 Å². The van der Waals surface area contributed by atoms with Crippen LogP contribution in [-0.2, 0) is 9.32 Å². The number of carbonyl (C=O) groups is 1. The number of nitrogens with one attached hydrogen (secondary N) is 1. The Hall–Kier alpha value is -0.430. The molecule has 0 radical (unpaired) electrons. The van der Waals surface area contributed by atoms with Crippen LogP contribution < -0.4 is 10.8 Å². The zero-order valence-electron chi connectivity index (χ0n) is 9.33. The van der Waals surface area contributed by atoms with Crippen LogP contribution in [0.15, 0.2) is 0 Å². The molecule has 17 heavy (non-hydrogen) atoms. The lowest BCUT2D eigenvalue weighted by Crippen LogP contribution is -2.41. The second kappa shape index (κ2) is 7.81. The molecule has 5 nitrogen and oxygen atoms in total. The number of halogens is 3. The Morgan fingerprint density at radius 1 is 1.53 bits per heavy atom. The van der Waals surface area contributed by atoms with Gasteiger partial charge in [-0.15, -0.1) is 0 Å². The van der Waals surface area contributed by atoms with Crippen LogP contribution in [0.2, 0.25) is 0 Å². The van der Waals surface area contributed by atoms with E-state index >= 15 is 0 Å². The van der Waals surface area contributed by atoms with Gasteiger partial charge in [0.05, 0.1) is 6.61 Å². The first-order valence-electron chi connectivity index (χ1n) is 4.97. The molecule has 0 aliphatic rings. The average molecular weight is 276 g/mol. The van der Waals surface area contributed by atoms with Crippen LogP contribution in [0.1, 0.15) is 26.2 Å². The summed E-state index contributed by atoms with van der Waals surface area (Å²) in [5, 5.41) is 1.84. The quantitative estimate of drug-likeness (QED) is 0.485. The Labute approximate surface area is 98.5 Å². The fraction of sp³-hybridized carbons (Fsp3) is 0.875. The molecular weight excluding hydrogens is 260 g/mol. The number of alkyl halides is 3. The monoisotopic (exact) mass is 276 g/mol. The molecule has 0 aromatic heterocycles. The van der Waals surface area contributed by atoms with Gasteiger partial charge in [-0.2, -0.15) is 13.2 Å². The van der Waals surface area contributed by atoms with Crippen LogP contribution in [0.5, 0.6) is 0 Å². The summed E-state index contributed by atoms with van der Waals surface area (Å²) >= 11 is 0. The molecule has 0 heterocycles. The number of hydrogen-bond acceptors (Lipinski definition) is 4. The molecule has 0 aromatic rings. The first-order valence-corrected chi connectivity index (χ1v) is 6.26. The summed E-state index contributed by atoms with van der Waals surface area (Å²) < 4.78 is 40.3. The number of unbranched alkanes of at least 4 members (excludes halogenated alkanes) is 1. The lowest BCUT2D eigenvalue weighted by molar-refractivity contribution is -0.174. The van der Waals surface area contributed by atoms with Crippen molar-refractivity contribution >= 4 is 14.4 Å². The van der Waals surface area contributed by atoms with Crippen LogP contribution in [-0.4, -0.2) is 29.6 Å². The Bertz CT molecular complexity index is 239. The van der Waals surface area contributed by atoms with Crippen molar-refractivity contribution in [3.05, 3.63) is 0 Å². The SMILES string of the molecule is CC(CCCCOP(N)O)NC(=O)C(F)(F)F. The van der Waals surface area contributed by atoms with E-state index < -0.39 is 26.7 Å². The molecule has 0 bridgehead atoms. The highest BCUT2D eigenvalue weighted by Gasteiger charge is 2.38. The maximum Gasteiger partial charge on any atom is 0.471 e. The molecule has 2 atom stereocenters. The minimum atomic E-state index is -4.84. The zero-order chi connectivity index (χ0) is 13.5. The van der Waals surface area contributed by atoms with E-state index in [9.17, 15) is 18.0 Å². The van der Waals surface area contributed by atoms with E-state index in [1.165, 1.54) is 6.92 Å². The molecule has 0 aliphatic carbocycles. The van der Waals surface area contributed by atoms with Gasteiger partial charge < -0.3 is 14.7 Å². The van der Waals surface area contributed by atoms with E-state index in [-0.39, 0.29) is 6.61 Å². The van der Waals surface area contributed by atoms with Gasteiger partial charge in [-0.05, 0) is 26.2 Å². The van der Waals surface area contributed by atoms with Crippen LogP contribution >= 0.6 is 8.53 Å². The number of amides is 1. The third kappa shape index (κ3) is 9.29. The van der Waals surface area contributed by atoms with Gasteiger partial charge >= 0.3 is 12.1 Å². The lowest BCUT2D eigenvalue weighted by Gasteiger charge is -2.15. The van der Waals surface area contributed by atoms with Crippen molar-refractivity contribution < 1.29 is 27.4 Å². The Balaban J connectivity index is 3.60. The van der Waals surface area contributed by atoms with Crippen LogP contribution in [0.25, 0.3) is 0 Å². The predicted molar refractivity (Wildman–Crippen MR) is 56.8 cm³/mol. The highest BCUT2D eigenvalue weighted by molar-refractivity contribution is 7.43. The standard InChI is InChI=1S/C8H16F3N2O3P/c1-6(13-7(14)8(9,10)11)4-2-3-5-16-17(12)15/h6,15H,2-5,12H2,1H3,(H,13,14).